The fourth-order valence-electron chi connectivity index (χ4n) is 5.19. The summed E-state index contributed by atoms with van der Waals surface area (Å²) in [6.07, 6.45) is -2.62. The van der Waals surface area contributed by atoms with Crippen LogP contribution in [0.1, 0.15) is 36.3 Å². The number of aromatic nitrogens is 3. The Morgan fingerprint density at radius 3 is 2.58 bits per heavy atom. The summed E-state index contributed by atoms with van der Waals surface area (Å²) in [6.45, 7) is 1.99. The number of nitrogens with zero attached hydrogens (tertiary/aromatic N) is 4. The molecule has 1 aliphatic heterocycles. The Morgan fingerprint density at radius 1 is 1.13 bits per heavy atom. The van der Waals surface area contributed by atoms with Crippen LogP contribution in [-0.4, -0.2) is 59.5 Å². The van der Waals surface area contributed by atoms with Crippen LogP contribution in [0.3, 0.4) is 0 Å². The molecule has 0 saturated carbocycles. The minimum atomic E-state index is -4.63. The van der Waals surface area contributed by atoms with Crippen molar-refractivity contribution in [2.45, 2.75) is 31.4 Å². The number of ether oxygens (including phenoxy) is 2. The third kappa shape index (κ3) is 4.90. The van der Waals surface area contributed by atoms with Crippen molar-refractivity contribution < 1.29 is 22.6 Å². The minimum absolute atomic E-state index is 0.00483. The van der Waals surface area contributed by atoms with Crippen LogP contribution in [-0.2, 0) is 18.0 Å². The molecule has 0 atom stereocenters. The molecule has 0 spiro atoms. The monoisotopic (exact) mass is 528 g/mol. The van der Waals surface area contributed by atoms with Crippen LogP contribution in [0.5, 0.6) is 5.75 Å². The second kappa shape index (κ2) is 10.4. The fraction of sp³-hybridized carbons (Fsp3) is 0.429. The summed E-state index contributed by atoms with van der Waals surface area (Å²) in [5.41, 5.74) is 1.16. The van der Waals surface area contributed by atoms with Crippen molar-refractivity contribution >= 4 is 16.4 Å². The number of benzene rings is 2. The molecule has 0 unspecified atom stereocenters. The molecule has 1 fully saturated rings. The van der Waals surface area contributed by atoms with Gasteiger partial charge in [-0.1, -0.05) is 18.2 Å². The van der Waals surface area contributed by atoms with Gasteiger partial charge in [-0.3, -0.25) is 4.79 Å². The first-order chi connectivity index (χ1) is 18.2. The van der Waals surface area contributed by atoms with Gasteiger partial charge in [0.1, 0.15) is 5.75 Å². The molecule has 1 saturated heterocycles. The van der Waals surface area contributed by atoms with Crippen molar-refractivity contribution in [3.8, 4) is 17.1 Å². The lowest BCUT2D eigenvalue weighted by molar-refractivity contribution is -0.138. The number of fused-ring (bicyclic) bond motifs is 3. The summed E-state index contributed by atoms with van der Waals surface area (Å²) in [4.78, 5) is 20.3. The van der Waals surface area contributed by atoms with Gasteiger partial charge in [-0.05, 0) is 63.5 Å². The van der Waals surface area contributed by atoms with Gasteiger partial charge >= 0.3 is 6.18 Å². The number of hydrogen-bond donors (Lipinski definition) is 0. The Labute approximate surface area is 218 Å². The van der Waals surface area contributed by atoms with Gasteiger partial charge < -0.3 is 14.4 Å². The van der Waals surface area contributed by atoms with Gasteiger partial charge in [-0.25, -0.2) is 14.2 Å². The van der Waals surface area contributed by atoms with Crippen LogP contribution in [0.2, 0.25) is 0 Å². The summed E-state index contributed by atoms with van der Waals surface area (Å²) >= 11 is 0. The number of aryl methyl sites for hydroxylation is 1. The van der Waals surface area contributed by atoms with Crippen LogP contribution in [0.15, 0.2) is 47.3 Å². The van der Waals surface area contributed by atoms with Crippen LogP contribution >= 0.6 is 0 Å². The summed E-state index contributed by atoms with van der Waals surface area (Å²) in [5, 5.41) is 0.785. The molecule has 5 rings (SSSR count). The van der Waals surface area contributed by atoms with Crippen molar-refractivity contribution in [1.29, 1.82) is 0 Å². The third-order valence-electron chi connectivity index (χ3n) is 7.06. The standard InChI is InChI=1S/C28H31F3N4O3/c1-33(2)13-6-14-38-23-10-9-19(17-21(23)28(29,30)31)26-32-22-8-5-4-7-20(22)25-24(18-11-15-37-16-12-18)27(36)34(3)35(25)26/h4-5,7-10,17-18H,6,11-16H2,1-3H3. The van der Waals surface area contributed by atoms with Crippen LogP contribution in [0, 0.1) is 0 Å². The molecule has 202 valence electrons. The van der Waals surface area contributed by atoms with E-state index in [0.717, 1.165) is 11.5 Å². The summed E-state index contributed by atoms with van der Waals surface area (Å²) in [6, 6.07) is 11.4. The van der Waals surface area contributed by atoms with Crippen molar-refractivity contribution in [1.82, 2.24) is 19.1 Å². The third-order valence-corrected chi connectivity index (χ3v) is 7.06. The van der Waals surface area contributed by atoms with E-state index in [4.69, 9.17) is 14.5 Å². The van der Waals surface area contributed by atoms with Gasteiger partial charge in [0.25, 0.3) is 5.56 Å². The lowest BCUT2D eigenvalue weighted by atomic mass is 9.91. The summed E-state index contributed by atoms with van der Waals surface area (Å²) in [5.74, 6) is 0.0392. The van der Waals surface area contributed by atoms with E-state index >= 15 is 0 Å². The average molecular weight is 529 g/mol. The molecule has 38 heavy (non-hydrogen) atoms. The van der Waals surface area contributed by atoms with E-state index in [-0.39, 0.29) is 35.2 Å². The van der Waals surface area contributed by atoms with Crippen LogP contribution in [0.4, 0.5) is 13.2 Å². The zero-order valence-electron chi connectivity index (χ0n) is 21.7. The van der Waals surface area contributed by atoms with E-state index in [9.17, 15) is 18.0 Å². The van der Waals surface area contributed by atoms with E-state index in [1.807, 2.05) is 43.3 Å². The Bertz CT molecular complexity index is 1520. The maximum atomic E-state index is 14.2. The topological polar surface area (TPSA) is 61.0 Å². The number of halogens is 3. The van der Waals surface area contributed by atoms with Crippen LogP contribution in [0.25, 0.3) is 27.8 Å². The Kier molecular flexibility index (Phi) is 7.19. The highest BCUT2D eigenvalue weighted by Gasteiger charge is 2.35. The number of hydrogen-bond acceptors (Lipinski definition) is 5. The highest BCUT2D eigenvalue weighted by atomic mass is 19.4. The maximum absolute atomic E-state index is 14.2. The molecule has 2 aromatic carbocycles. The normalized spacial score (nSPS) is 15.1. The molecule has 2 aromatic heterocycles. The van der Waals surface area contributed by atoms with E-state index in [1.165, 1.54) is 10.7 Å². The molecule has 3 heterocycles. The quantitative estimate of drug-likeness (QED) is 0.313. The summed E-state index contributed by atoms with van der Waals surface area (Å²) in [7, 11) is 5.43. The highest BCUT2D eigenvalue weighted by Crippen LogP contribution is 2.40. The Morgan fingerprint density at radius 2 is 1.87 bits per heavy atom. The Hall–Kier alpha value is -3.37. The van der Waals surface area contributed by atoms with Gasteiger partial charge in [0, 0.05) is 43.3 Å². The largest absolute Gasteiger partial charge is 0.493 e. The summed E-state index contributed by atoms with van der Waals surface area (Å²) < 4.78 is 56.6. The second-order valence-corrected chi connectivity index (χ2v) is 9.96. The highest BCUT2D eigenvalue weighted by molar-refractivity contribution is 5.96. The van der Waals surface area contributed by atoms with Crippen molar-refractivity contribution in [2.75, 3.05) is 40.5 Å². The fourth-order valence-corrected chi connectivity index (χ4v) is 5.19. The van der Waals surface area contributed by atoms with E-state index in [1.54, 1.807) is 17.6 Å². The van der Waals surface area contributed by atoms with Crippen molar-refractivity contribution in [2.24, 2.45) is 7.05 Å². The molecule has 0 radical (unpaired) electrons. The zero-order valence-corrected chi connectivity index (χ0v) is 21.7. The molecule has 0 amide bonds. The van der Waals surface area contributed by atoms with E-state index in [2.05, 4.69) is 0 Å². The SMILES string of the molecule is CN(C)CCCOc1ccc(-c2nc3ccccc3c3c(C4CCOCC4)c(=O)n(C)n23)cc1C(F)(F)F. The maximum Gasteiger partial charge on any atom is 0.419 e. The molecule has 0 N–H and O–H groups in total. The Balaban J connectivity index is 1.69. The predicted molar refractivity (Wildman–Crippen MR) is 140 cm³/mol. The minimum Gasteiger partial charge on any atom is -0.493 e. The molecular weight excluding hydrogens is 497 g/mol. The molecule has 10 heteroatoms. The number of rotatable bonds is 7. The molecule has 0 aliphatic carbocycles. The van der Waals surface area contributed by atoms with Crippen molar-refractivity contribution in [3.05, 3.63) is 63.9 Å². The van der Waals surface area contributed by atoms with Gasteiger partial charge in [-0.15, -0.1) is 0 Å². The lowest BCUT2D eigenvalue weighted by Gasteiger charge is -2.21. The number of para-hydroxylation sites is 1. The van der Waals surface area contributed by atoms with Gasteiger partial charge in [0.05, 0.1) is 23.2 Å². The second-order valence-electron chi connectivity index (χ2n) is 9.96. The average Bonchev–Trinajstić information content (AvgIpc) is 3.16. The zero-order chi connectivity index (χ0) is 27.0. The van der Waals surface area contributed by atoms with Gasteiger partial charge in [0.15, 0.2) is 5.82 Å². The smallest absolute Gasteiger partial charge is 0.419 e. The first kappa shape index (κ1) is 26.2. The number of alkyl halides is 3. The lowest BCUT2D eigenvalue weighted by Crippen LogP contribution is -2.23. The molecular formula is C28H31F3N4O3. The first-order valence-electron chi connectivity index (χ1n) is 12.7. The molecule has 0 bridgehead atoms. The van der Waals surface area contributed by atoms with Crippen LogP contribution < -0.4 is 10.3 Å². The van der Waals surface area contributed by atoms with E-state index in [0.29, 0.717) is 55.6 Å². The van der Waals surface area contributed by atoms with Gasteiger partial charge in [0.2, 0.25) is 0 Å². The molecule has 1 aliphatic rings. The van der Waals surface area contributed by atoms with E-state index < -0.39 is 11.7 Å². The first-order valence-corrected chi connectivity index (χ1v) is 12.7. The molecule has 7 nitrogen and oxygen atoms in total. The predicted octanol–water partition coefficient (Wildman–Crippen LogP) is 5.10. The van der Waals surface area contributed by atoms with Gasteiger partial charge in [-0.2, -0.15) is 13.2 Å². The van der Waals surface area contributed by atoms with Crippen molar-refractivity contribution in [3.63, 3.8) is 0 Å². The molecule has 4 aromatic rings.